The lowest BCUT2D eigenvalue weighted by Crippen LogP contribution is -2.33. The summed E-state index contributed by atoms with van der Waals surface area (Å²) < 4.78 is 81.3. The highest BCUT2D eigenvalue weighted by Gasteiger charge is 2.33. The highest BCUT2D eigenvalue weighted by atomic mass is 35.5. The van der Waals surface area contributed by atoms with E-state index in [-0.39, 0.29) is 30.2 Å². The molecule has 0 aliphatic carbocycles. The van der Waals surface area contributed by atoms with Gasteiger partial charge in [-0.05, 0) is 41.8 Å². The van der Waals surface area contributed by atoms with E-state index in [1.807, 2.05) is 0 Å². The SMILES string of the molecule is CNc1cc(OC(F)(F)F)c(Cl)cc1CN(CCc1cccc(C(F)(F)F)c1)C(=O)c1ccccc1. The van der Waals surface area contributed by atoms with Crippen molar-refractivity contribution in [3.63, 3.8) is 0 Å². The number of hydrogen-bond donors (Lipinski definition) is 1. The zero-order valence-corrected chi connectivity index (χ0v) is 19.6. The third-order valence-electron chi connectivity index (χ3n) is 5.25. The van der Waals surface area contributed by atoms with Crippen LogP contribution in [0.4, 0.5) is 32.0 Å². The topological polar surface area (TPSA) is 41.6 Å². The number of nitrogens with one attached hydrogen (secondary N) is 1. The van der Waals surface area contributed by atoms with E-state index in [1.165, 1.54) is 30.1 Å². The Balaban J connectivity index is 1.91. The van der Waals surface area contributed by atoms with Crippen LogP contribution < -0.4 is 10.1 Å². The van der Waals surface area contributed by atoms with E-state index < -0.39 is 29.8 Å². The summed E-state index contributed by atoms with van der Waals surface area (Å²) in [5.41, 5.74) is 0.548. The van der Waals surface area contributed by atoms with Crippen molar-refractivity contribution in [1.29, 1.82) is 0 Å². The van der Waals surface area contributed by atoms with Gasteiger partial charge < -0.3 is 15.0 Å². The normalized spacial score (nSPS) is 11.8. The summed E-state index contributed by atoms with van der Waals surface area (Å²) in [5.74, 6) is -1.02. The third kappa shape index (κ3) is 7.30. The van der Waals surface area contributed by atoms with Gasteiger partial charge in [-0.25, -0.2) is 0 Å². The largest absolute Gasteiger partial charge is 0.573 e. The molecule has 36 heavy (non-hydrogen) atoms. The van der Waals surface area contributed by atoms with Crippen molar-refractivity contribution in [2.24, 2.45) is 0 Å². The average molecular weight is 531 g/mol. The van der Waals surface area contributed by atoms with Crippen LogP contribution in [0.3, 0.4) is 0 Å². The molecule has 3 rings (SSSR count). The Morgan fingerprint density at radius 3 is 2.28 bits per heavy atom. The Hall–Kier alpha value is -3.40. The van der Waals surface area contributed by atoms with Crippen LogP contribution in [0.25, 0.3) is 0 Å². The Labute approximate surface area is 208 Å². The minimum atomic E-state index is -4.95. The van der Waals surface area contributed by atoms with Gasteiger partial charge in [-0.2, -0.15) is 13.2 Å². The fourth-order valence-corrected chi connectivity index (χ4v) is 3.77. The number of anilines is 1. The van der Waals surface area contributed by atoms with E-state index in [2.05, 4.69) is 10.1 Å². The van der Waals surface area contributed by atoms with Gasteiger partial charge in [-0.1, -0.05) is 48.0 Å². The van der Waals surface area contributed by atoms with Crippen molar-refractivity contribution in [3.8, 4) is 5.75 Å². The predicted octanol–water partition coefficient (Wildman–Crippen LogP) is 7.18. The lowest BCUT2D eigenvalue weighted by Gasteiger charge is -2.25. The van der Waals surface area contributed by atoms with E-state index in [9.17, 15) is 31.1 Å². The van der Waals surface area contributed by atoms with Crippen LogP contribution in [0.15, 0.2) is 66.7 Å². The molecule has 0 atom stereocenters. The molecule has 0 radical (unpaired) electrons. The summed E-state index contributed by atoms with van der Waals surface area (Å²) in [6.45, 7) is -0.0362. The molecule has 0 saturated carbocycles. The molecule has 4 nitrogen and oxygen atoms in total. The molecule has 1 N–H and O–H groups in total. The second-order valence-corrected chi connectivity index (χ2v) is 8.19. The molecule has 0 aliphatic heterocycles. The molecule has 11 heteroatoms. The molecule has 0 aromatic heterocycles. The number of rotatable bonds is 8. The predicted molar refractivity (Wildman–Crippen MR) is 124 cm³/mol. The highest BCUT2D eigenvalue weighted by molar-refractivity contribution is 6.32. The number of hydrogen-bond acceptors (Lipinski definition) is 3. The first-order valence-corrected chi connectivity index (χ1v) is 11.0. The summed E-state index contributed by atoms with van der Waals surface area (Å²) in [5, 5.41) is 2.45. The molecule has 192 valence electrons. The number of benzene rings is 3. The molecule has 0 unspecified atom stereocenters. The summed E-state index contributed by atoms with van der Waals surface area (Å²) >= 11 is 6.01. The lowest BCUT2D eigenvalue weighted by atomic mass is 10.1. The zero-order valence-electron chi connectivity index (χ0n) is 18.9. The Morgan fingerprint density at radius 2 is 1.67 bits per heavy atom. The Kier molecular flexibility index (Phi) is 8.39. The van der Waals surface area contributed by atoms with Gasteiger partial charge in [0.2, 0.25) is 0 Å². The average Bonchev–Trinajstić information content (AvgIpc) is 2.82. The van der Waals surface area contributed by atoms with Gasteiger partial charge in [0.15, 0.2) is 0 Å². The molecule has 0 fully saturated rings. The molecule has 0 bridgehead atoms. The van der Waals surface area contributed by atoms with E-state index in [0.29, 0.717) is 16.7 Å². The summed E-state index contributed by atoms with van der Waals surface area (Å²) in [4.78, 5) is 14.7. The van der Waals surface area contributed by atoms with Crippen molar-refractivity contribution in [2.45, 2.75) is 25.5 Å². The van der Waals surface area contributed by atoms with Crippen molar-refractivity contribution in [3.05, 3.63) is 94.0 Å². The third-order valence-corrected chi connectivity index (χ3v) is 5.54. The van der Waals surface area contributed by atoms with E-state index >= 15 is 0 Å². The summed E-state index contributed by atoms with van der Waals surface area (Å²) in [7, 11) is 1.48. The molecular weight excluding hydrogens is 510 g/mol. The van der Waals surface area contributed by atoms with Gasteiger partial charge in [0, 0.05) is 37.5 Å². The quantitative estimate of drug-likeness (QED) is 0.314. The van der Waals surface area contributed by atoms with Crippen LogP contribution in [0.1, 0.15) is 27.0 Å². The van der Waals surface area contributed by atoms with Crippen LogP contribution in [0.5, 0.6) is 5.75 Å². The van der Waals surface area contributed by atoms with Crippen LogP contribution in [0, 0.1) is 0 Å². The van der Waals surface area contributed by atoms with Gasteiger partial charge in [-0.15, -0.1) is 13.2 Å². The number of halogens is 7. The summed E-state index contributed by atoms with van der Waals surface area (Å²) in [6.07, 6.45) is -9.34. The maximum absolute atomic E-state index is 13.3. The van der Waals surface area contributed by atoms with E-state index in [4.69, 9.17) is 11.6 Å². The Morgan fingerprint density at radius 1 is 0.972 bits per heavy atom. The maximum atomic E-state index is 13.3. The number of nitrogens with zero attached hydrogens (tertiary/aromatic N) is 1. The number of amides is 1. The number of ether oxygens (including phenoxy) is 1. The van der Waals surface area contributed by atoms with Gasteiger partial charge in [0.1, 0.15) is 5.75 Å². The Bertz CT molecular complexity index is 1200. The van der Waals surface area contributed by atoms with Crippen molar-refractivity contribution >= 4 is 23.2 Å². The highest BCUT2D eigenvalue weighted by Crippen LogP contribution is 2.35. The molecule has 0 saturated heterocycles. The first kappa shape index (κ1) is 27.2. The summed E-state index contributed by atoms with van der Waals surface area (Å²) in [6, 6.07) is 15.4. The molecule has 3 aromatic rings. The molecular formula is C25H21ClF6N2O2. The second-order valence-electron chi connectivity index (χ2n) is 7.78. The lowest BCUT2D eigenvalue weighted by molar-refractivity contribution is -0.274. The standard InChI is InChI=1S/C25H21ClF6N2O2/c1-33-21-14-22(36-25(30,31)32)20(26)13-18(21)15-34(23(35)17-7-3-2-4-8-17)11-10-16-6-5-9-19(12-16)24(27,28)29/h2-9,12-14,33H,10-11,15H2,1H3. The number of alkyl halides is 6. The molecule has 1 amide bonds. The van der Waals surface area contributed by atoms with E-state index in [1.54, 1.807) is 30.3 Å². The van der Waals surface area contributed by atoms with Crippen LogP contribution in [0.2, 0.25) is 5.02 Å². The first-order valence-electron chi connectivity index (χ1n) is 10.6. The second kappa shape index (κ2) is 11.1. The fourth-order valence-electron chi connectivity index (χ4n) is 3.55. The van der Waals surface area contributed by atoms with Crippen molar-refractivity contribution in [1.82, 2.24) is 4.90 Å². The van der Waals surface area contributed by atoms with Crippen LogP contribution in [-0.4, -0.2) is 30.8 Å². The monoisotopic (exact) mass is 530 g/mol. The molecule has 0 spiro atoms. The first-order chi connectivity index (χ1) is 16.9. The smallest absolute Gasteiger partial charge is 0.404 e. The van der Waals surface area contributed by atoms with Gasteiger partial charge in [-0.3, -0.25) is 4.79 Å². The number of carbonyl (C=O) groups excluding carboxylic acids is 1. The van der Waals surface area contributed by atoms with Crippen LogP contribution in [-0.2, 0) is 19.1 Å². The zero-order chi connectivity index (χ0) is 26.5. The fraction of sp³-hybridized carbons (Fsp3) is 0.240. The van der Waals surface area contributed by atoms with Crippen molar-refractivity contribution in [2.75, 3.05) is 18.9 Å². The minimum absolute atomic E-state index is 0.0383. The van der Waals surface area contributed by atoms with E-state index in [0.717, 1.165) is 18.2 Å². The maximum Gasteiger partial charge on any atom is 0.573 e. The minimum Gasteiger partial charge on any atom is -0.404 e. The molecule has 0 heterocycles. The van der Waals surface area contributed by atoms with Gasteiger partial charge in [0.25, 0.3) is 5.91 Å². The van der Waals surface area contributed by atoms with Crippen molar-refractivity contribution < 1.29 is 35.9 Å². The molecule has 0 aliphatic rings. The van der Waals surface area contributed by atoms with Gasteiger partial charge >= 0.3 is 12.5 Å². The van der Waals surface area contributed by atoms with Crippen LogP contribution >= 0.6 is 11.6 Å². The van der Waals surface area contributed by atoms with Gasteiger partial charge in [0.05, 0.1) is 10.6 Å². The number of carbonyl (C=O) groups is 1. The molecule has 3 aromatic carbocycles.